The van der Waals surface area contributed by atoms with Gasteiger partial charge in [-0.3, -0.25) is 0 Å². The molecule has 2 aromatic carbocycles. The quantitative estimate of drug-likeness (QED) is 0.811. The van der Waals surface area contributed by atoms with Crippen LogP contribution in [0.1, 0.15) is 11.1 Å². The lowest BCUT2D eigenvalue weighted by Gasteiger charge is -2.06. The number of rotatable bonds is 3. The molecular formula is C17H16O. The standard InChI is InChI=1S/C17H16O/c1-3-17(18)12-14-6-10-16(11-7-14)15-8-4-13(2)5-9-15/h1,4-11,17-18H,12H2,2H3. The molecule has 0 saturated carbocycles. The minimum atomic E-state index is -0.699. The molecule has 1 heteroatoms. The van der Waals surface area contributed by atoms with Crippen LogP contribution in [-0.2, 0) is 6.42 Å². The molecule has 0 spiro atoms. The second kappa shape index (κ2) is 5.53. The van der Waals surface area contributed by atoms with Crippen molar-refractivity contribution < 1.29 is 5.11 Å². The largest absolute Gasteiger partial charge is 0.380 e. The third kappa shape index (κ3) is 3.00. The summed E-state index contributed by atoms with van der Waals surface area (Å²) in [6.45, 7) is 2.08. The summed E-state index contributed by atoms with van der Waals surface area (Å²) in [4.78, 5) is 0. The molecule has 0 heterocycles. The third-order valence-electron chi connectivity index (χ3n) is 2.96. The number of hydrogen-bond donors (Lipinski definition) is 1. The van der Waals surface area contributed by atoms with Crippen LogP contribution in [0, 0.1) is 19.3 Å². The van der Waals surface area contributed by atoms with Crippen LogP contribution >= 0.6 is 0 Å². The minimum absolute atomic E-state index is 0.505. The first-order valence-corrected chi connectivity index (χ1v) is 5.99. The number of hydrogen-bond acceptors (Lipinski definition) is 1. The van der Waals surface area contributed by atoms with E-state index in [4.69, 9.17) is 6.42 Å². The molecule has 0 aromatic heterocycles. The maximum atomic E-state index is 9.39. The number of benzene rings is 2. The molecule has 90 valence electrons. The maximum Gasteiger partial charge on any atom is 0.118 e. The fourth-order valence-electron chi connectivity index (χ4n) is 1.86. The van der Waals surface area contributed by atoms with Crippen molar-refractivity contribution in [2.24, 2.45) is 0 Å². The zero-order chi connectivity index (χ0) is 13.0. The van der Waals surface area contributed by atoms with Crippen molar-refractivity contribution >= 4 is 0 Å². The highest BCUT2D eigenvalue weighted by molar-refractivity contribution is 5.63. The van der Waals surface area contributed by atoms with Gasteiger partial charge < -0.3 is 5.11 Å². The van der Waals surface area contributed by atoms with E-state index in [1.807, 2.05) is 12.1 Å². The normalized spacial score (nSPS) is 11.8. The Morgan fingerprint density at radius 2 is 1.50 bits per heavy atom. The van der Waals surface area contributed by atoms with Crippen molar-refractivity contribution in [3.63, 3.8) is 0 Å². The molecule has 1 N–H and O–H groups in total. The average molecular weight is 236 g/mol. The zero-order valence-electron chi connectivity index (χ0n) is 10.4. The molecule has 0 amide bonds. The van der Waals surface area contributed by atoms with Gasteiger partial charge >= 0.3 is 0 Å². The Kier molecular flexibility index (Phi) is 3.82. The lowest BCUT2D eigenvalue weighted by molar-refractivity contribution is 0.233. The lowest BCUT2D eigenvalue weighted by atomic mass is 10.0. The van der Waals surface area contributed by atoms with Crippen molar-refractivity contribution in [3.05, 3.63) is 59.7 Å². The van der Waals surface area contributed by atoms with Gasteiger partial charge in [-0.2, -0.15) is 0 Å². The highest BCUT2D eigenvalue weighted by Crippen LogP contribution is 2.20. The Hall–Kier alpha value is -2.04. The van der Waals surface area contributed by atoms with E-state index in [9.17, 15) is 5.11 Å². The monoisotopic (exact) mass is 236 g/mol. The van der Waals surface area contributed by atoms with E-state index in [0.29, 0.717) is 6.42 Å². The third-order valence-corrected chi connectivity index (χ3v) is 2.96. The van der Waals surface area contributed by atoms with Gasteiger partial charge in [-0.1, -0.05) is 60.0 Å². The fourth-order valence-corrected chi connectivity index (χ4v) is 1.86. The second-order valence-corrected chi connectivity index (χ2v) is 4.45. The molecule has 1 unspecified atom stereocenters. The molecule has 0 aliphatic rings. The van der Waals surface area contributed by atoms with E-state index < -0.39 is 6.10 Å². The topological polar surface area (TPSA) is 20.2 Å². The molecule has 0 fully saturated rings. The van der Waals surface area contributed by atoms with Crippen LogP contribution in [0.25, 0.3) is 11.1 Å². The molecular weight excluding hydrogens is 220 g/mol. The van der Waals surface area contributed by atoms with Gasteiger partial charge in [0.1, 0.15) is 6.10 Å². The van der Waals surface area contributed by atoms with E-state index in [-0.39, 0.29) is 0 Å². The summed E-state index contributed by atoms with van der Waals surface area (Å²) in [6.07, 6.45) is 4.96. The maximum absolute atomic E-state index is 9.39. The van der Waals surface area contributed by atoms with Gasteiger partial charge in [-0.25, -0.2) is 0 Å². The Morgan fingerprint density at radius 1 is 1.00 bits per heavy atom. The summed E-state index contributed by atoms with van der Waals surface area (Å²) in [5, 5.41) is 9.39. The second-order valence-electron chi connectivity index (χ2n) is 4.45. The van der Waals surface area contributed by atoms with Crippen LogP contribution in [0.5, 0.6) is 0 Å². The van der Waals surface area contributed by atoms with Crippen LogP contribution in [0.15, 0.2) is 48.5 Å². The van der Waals surface area contributed by atoms with Crippen LogP contribution < -0.4 is 0 Å². The summed E-state index contributed by atoms with van der Waals surface area (Å²) in [6, 6.07) is 16.6. The molecule has 1 nitrogen and oxygen atoms in total. The molecule has 0 bridgehead atoms. The van der Waals surface area contributed by atoms with Gasteiger partial charge in [0.2, 0.25) is 0 Å². The SMILES string of the molecule is C#CC(O)Cc1ccc(-c2ccc(C)cc2)cc1. The molecule has 2 aromatic rings. The Bertz CT molecular complexity index is 544. The van der Waals surface area contributed by atoms with Crippen LogP contribution in [0.4, 0.5) is 0 Å². The molecule has 2 rings (SSSR count). The zero-order valence-corrected chi connectivity index (χ0v) is 10.4. The van der Waals surface area contributed by atoms with E-state index >= 15 is 0 Å². The van der Waals surface area contributed by atoms with E-state index in [2.05, 4.69) is 49.2 Å². The molecule has 0 saturated heterocycles. The van der Waals surface area contributed by atoms with Crippen LogP contribution in [0.3, 0.4) is 0 Å². The first-order valence-electron chi connectivity index (χ1n) is 5.99. The lowest BCUT2D eigenvalue weighted by Crippen LogP contribution is -2.06. The van der Waals surface area contributed by atoms with Gasteiger partial charge in [0, 0.05) is 6.42 Å². The molecule has 0 aliphatic heterocycles. The minimum Gasteiger partial charge on any atom is -0.380 e. The predicted molar refractivity (Wildman–Crippen MR) is 75.2 cm³/mol. The van der Waals surface area contributed by atoms with Crippen molar-refractivity contribution in [2.45, 2.75) is 19.4 Å². The fraction of sp³-hybridized carbons (Fsp3) is 0.176. The van der Waals surface area contributed by atoms with Crippen LogP contribution in [0.2, 0.25) is 0 Å². The molecule has 1 atom stereocenters. The predicted octanol–water partition coefficient (Wildman–Crippen LogP) is 3.20. The Labute approximate surface area is 108 Å². The first kappa shape index (κ1) is 12.4. The van der Waals surface area contributed by atoms with E-state index in [1.54, 1.807) is 0 Å². The van der Waals surface area contributed by atoms with Crippen LogP contribution in [-0.4, -0.2) is 11.2 Å². The summed E-state index contributed by atoms with van der Waals surface area (Å²) in [7, 11) is 0. The van der Waals surface area contributed by atoms with E-state index in [1.165, 1.54) is 16.7 Å². The summed E-state index contributed by atoms with van der Waals surface area (Å²) < 4.78 is 0. The highest BCUT2D eigenvalue weighted by Gasteiger charge is 2.02. The van der Waals surface area contributed by atoms with Gasteiger partial charge in [0.25, 0.3) is 0 Å². The number of terminal acetylenes is 1. The van der Waals surface area contributed by atoms with Gasteiger partial charge in [-0.15, -0.1) is 6.42 Å². The first-order chi connectivity index (χ1) is 8.69. The van der Waals surface area contributed by atoms with Gasteiger partial charge in [0.15, 0.2) is 0 Å². The highest BCUT2D eigenvalue weighted by atomic mass is 16.3. The summed E-state index contributed by atoms with van der Waals surface area (Å²) in [5.74, 6) is 2.32. The smallest absolute Gasteiger partial charge is 0.118 e. The van der Waals surface area contributed by atoms with Gasteiger partial charge in [-0.05, 0) is 23.6 Å². The summed E-state index contributed by atoms with van der Waals surface area (Å²) >= 11 is 0. The van der Waals surface area contributed by atoms with Crippen molar-refractivity contribution in [2.75, 3.05) is 0 Å². The Balaban J connectivity index is 2.17. The number of aliphatic hydroxyl groups is 1. The van der Waals surface area contributed by atoms with Crippen molar-refractivity contribution in [1.29, 1.82) is 0 Å². The van der Waals surface area contributed by atoms with E-state index in [0.717, 1.165) is 5.56 Å². The Morgan fingerprint density at radius 3 is 2.00 bits per heavy atom. The molecule has 0 aliphatic carbocycles. The number of aliphatic hydroxyl groups excluding tert-OH is 1. The molecule has 18 heavy (non-hydrogen) atoms. The summed E-state index contributed by atoms with van der Waals surface area (Å²) in [5.41, 5.74) is 4.68. The average Bonchev–Trinajstić information content (AvgIpc) is 2.40. The molecule has 0 radical (unpaired) electrons. The van der Waals surface area contributed by atoms with Gasteiger partial charge in [0.05, 0.1) is 0 Å². The van der Waals surface area contributed by atoms with Crippen molar-refractivity contribution in [1.82, 2.24) is 0 Å². The number of aryl methyl sites for hydroxylation is 1. The van der Waals surface area contributed by atoms with Crippen molar-refractivity contribution in [3.8, 4) is 23.5 Å².